The maximum Gasteiger partial charge on any atom is 0.130 e. The Bertz CT molecular complexity index is 212. The Morgan fingerprint density at radius 1 is 1.67 bits per heavy atom. The predicted octanol–water partition coefficient (Wildman–Crippen LogP) is 2.32. The van der Waals surface area contributed by atoms with Crippen LogP contribution in [-0.4, -0.2) is 5.78 Å². The van der Waals surface area contributed by atoms with Crippen molar-refractivity contribution in [3.05, 3.63) is 12.2 Å². The maximum atomic E-state index is 10.7. The average molecular weight is 165 g/mol. The number of carbonyl (C=O) groups is 1. The Hall–Kier alpha value is -1.10. The third-order valence-electron chi connectivity index (χ3n) is 1.77. The highest BCUT2D eigenvalue weighted by Crippen LogP contribution is 2.16. The Labute approximate surface area is 73.9 Å². The van der Waals surface area contributed by atoms with Gasteiger partial charge in [-0.15, -0.1) is 0 Å². The van der Waals surface area contributed by atoms with Gasteiger partial charge in [0.2, 0.25) is 0 Å². The van der Waals surface area contributed by atoms with Gasteiger partial charge in [0.25, 0.3) is 0 Å². The summed E-state index contributed by atoms with van der Waals surface area (Å²) in [6.07, 6.45) is 4.18. The zero-order chi connectivity index (χ0) is 9.56. The topological polar surface area (TPSA) is 40.9 Å². The quantitative estimate of drug-likeness (QED) is 0.600. The molecule has 0 aromatic rings. The first-order chi connectivity index (χ1) is 5.61. The zero-order valence-electron chi connectivity index (χ0n) is 7.87. The van der Waals surface area contributed by atoms with Crippen LogP contribution in [0.15, 0.2) is 12.2 Å². The Morgan fingerprint density at radius 3 is 2.58 bits per heavy atom. The summed E-state index contributed by atoms with van der Waals surface area (Å²) < 4.78 is 0. The van der Waals surface area contributed by atoms with E-state index in [-0.39, 0.29) is 17.6 Å². The number of hydrogen-bond acceptors (Lipinski definition) is 2. The van der Waals surface area contributed by atoms with Gasteiger partial charge in [-0.3, -0.25) is 0 Å². The molecule has 2 nitrogen and oxygen atoms in total. The molecule has 0 aliphatic rings. The Morgan fingerprint density at radius 2 is 2.25 bits per heavy atom. The van der Waals surface area contributed by atoms with Gasteiger partial charge >= 0.3 is 0 Å². The molecular formula is C10H15NO. The molecule has 66 valence electrons. The van der Waals surface area contributed by atoms with E-state index in [1.54, 1.807) is 6.92 Å². The molecule has 0 fully saturated rings. The molecule has 12 heavy (non-hydrogen) atoms. The summed E-state index contributed by atoms with van der Waals surface area (Å²) in [7, 11) is 0. The van der Waals surface area contributed by atoms with Gasteiger partial charge < -0.3 is 4.79 Å². The monoisotopic (exact) mass is 165 g/mol. The van der Waals surface area contributed by atoms with Crippen molar-refractivity contribution in [1.29, 1.82) is 5.26 Å². The fraction of sp³-hybridized carbons (Fsp3) is 0.600. The lowest BCUT2D eigenvalue weighted by Gasteiger charge is -2.11. The van der Waals surface area contributed by atoms with Gasteiger partial charge in [-0.05, 0) is 19.8 Å². The molecule has 0 aromatic carbocycles. The largest absolute Gasteiger partial charge is 0.300 e. The third-order valence-corrected chi connectivity index (χ3v) is 1.77. The van der Waals surface area contributed by atoms with Crippen LogP contribution < -0.4 is 0 Å². The Balaban J connectivity index is 4.14. The van der Waals surface area contributed by atoms with E-state index in [4.69, 9.17) is 5.26 Å². The molecule has 2 atom stereocenters. The molecule has 0 saturated carbocycles. The number of nitriles is 1. The van der Waals surface area contributed by atoms with Gasteiger partial charge in [-0.25, -0.2) is 0 Å². The molecule has 0 radical (unpaired) electrons. The molecule has 0 saturated heterocycles. The van der Waals surface area contributed by atoms with E-state index in [0.717, 1.165) is 0 Å². The fourth-order valence-corrected chi connectivity index (χ4v) is 1.15. The minimum atomic E-state index is -0.126. The molecule has 0 amide bonds. The molecule has 0 N–H and O–H groups in total. The second-order valence-electron chi connectivity index (χ2n) is 3.06. The first kappa shape index (κ1) is 10.9. The van der Waals surface area contributed by atoms with E-state index in [9.17, 15) is 4.79 Å². The van der Waals surface area contributed by atoms with Crippen molar-refractivity contribution < 1.29 is 4.79 Å². The van der Waals surface area contributed by atoms with Gasteiger partial charge in [0.05, 0.1) is 12.0 Å². The van der Waals surface area contributed by atoms with Crippen molar-refractivity contribution in [2.45, 2.75) is 27.2 Å². The van der Waals surface area contributed by atoms with E-state index < -0.39 is 0 Å². The SMILES string of the molecule is C/C=C/[C@H](C#N)[C@H](C)CC(C)=O. The molecule has 0 aromatic heterocycles. The first-order valence-electron chi connectivity index (χ1n) is 4.13. The van der Waals surface area contributed by atoms with Crippen molar-refractivity contribution in [3.63, 3.8) is 0 Å². The lowest BCUT2D eigenvalue weighted by molar-refractivity contribution is -0.117. The Kier molecular flexibility index (Phi) is 5.03. The van der Waals surface area contributed by atoms with Crippen LogP contribution in [0.25, 0.3) is 0 Å². The number of nitrogens with zero attached hydrogens (tertiary/aromatic N) is 1. The molecule has 0 heterocycles. The minimum absolute atomic E-state index is 0.126. The van der Waals surface area contributed by atoms with Gasteiger partial charge in [0.15, 0.2) is 0 Å². The molecule has 0 rings (SSSR count). The van der Waals surface area contributed by atoms with E-state index in [1.807, 2.05) is 26.0 Å². The van der Waals surface area contributed by atoms with Gasteiger partial charge in [0, 0.05) is 6.42 Å². The van der Waals surface area contributed by atoms with Crippen LogP contribution in [0.5, 0.6) is 0 Å². The summed E-state index contributed by atoms with van der Waals surface area (Å²) in [6.45, 7) is 5.36. The van der Waals surface area contributed by atoms with Crippen LogP contribution in [0.1, 0.15) is 27.2 Å². The lowest BCUT2D eigenvalue weighted by Crippen LogP contribution is -2.10. The van der Waals surface area contributed by atoms with Gasteiger partial charge in [-0.2, -0.15) is 5.26 Å². The molecule has 0 bridgehead atoms. The molecule has 0 aliphatic carbocycles. The molecule has 0 spiro atoms. The fourth-order valence-electron chi connectivity index (χ4n) is 1.15. The van der Waals surface area contributed by atoms with Crippen LogP contribution in [-0.2, 0) is 4.79 Å². The minimum Gasteiger partial charge on any atom is -0.300 e. The highest BCUT2D eigenvalue weighted by Gasteiger charge is 2.14. The van der Waals surface area contributed by atoms with E-state index >= 15 is 0 Å². The van der Waals surface area contributed by atoms with Crippen LogP contribution in [0, 0.1) is 23.2 Å². The van der Waals surface area contributed by atoms with Crippen LogP contribution >= 0.6 is 0 Å². The van der Waals surface area contributed by atoms with Gasteiger partial charge in [0.1, 0.15) is 5.78 Å². The summed E-state index contributed by atoms with van der Waals surface area (Å²) in [6, 6.07) is 2.17. The van der Waals surface area contributed by atoms with Crippen molar-refractivity contribution in [3.8, 4) is 6.07 Å². The second-order valence-corrected chi connectivity index (χ2v) is 3.06. The zero-order valence-corrected chi connectivity index (χ0v) is 7.87. The number of ketones is 1. The highest BCUT2D eigenvalue weighted by molar-refractivity contribution is 5.75. The standard InChI is InChI=1S/C10H15NO/c1-4-5-10(7-11)8(2)6-9(3)12/h4-5,8,10H,6H2,1-3H3/b5-4+/t8-,10-/m1/s1. The summed E-state index contributed by atoms with van der Waals surface area (Å²) in [5.41, 5.74) is 0. The van der Waals surface area contributed by atoms with Crippen molar-refractivity contribution in [2.24, 2.45) is 11.8 Å². The van der Waals surface area contributed by atoms with Crippen molar-refractivity contribution in [2.75, 3.05) is 0 Å². The van der Waals surface area contributed by atoms with Crippen molar-refractivity contribution >= 4 is 5.78 Å². The second kappa shape index (κ2) is 5.54. The normalized spacial score (nSPS) is 15.5. The van der Waals surface area contributed by atoms with Crippen LogP contribution in [0.4, 0.5) is 0 Å². The number of carbonyl (C=O) groups excluding carboxylic acids is 1. The average Bonchev–Trinajstić information content (AvgIpc) is 1.98. The summed E-state index contributed by atoms with van der Waals surface area (Å²) in [5.74, 6) is 0.148. The van der Waals surface area contributed by atoms with E-state index in [2.05, 4.69) is 6.07 Å². The smallest absolute Gasteiger partial charge is 0.130 e. The number of hydrogen-bond donors (Lipinski definition) is 0. The molecule has 0 aliphatic heterocycles. The van der Waals surface area contributed by atoms with Crippen LogP contribution in [0.2, 0.25) is 0 Å². The number of Topliss-reactive ketones (excluding diaryl/α,β-unsaturated/α-hetero) is 1. The first-order valence-corrected chi connectivity index (χ1v) is 4.13. The third kappa shape index (κ3) is 3.92. The predicted molar refractivity (Wildman–Crippen MR) is 48.4 cm³/mol. The highest BCUT2D eigenvalue weighted by atomic mass is 16.1. The van der Waals surface area contributed by atoms with E-state index in [1.165, 1.54) is 0 Å². The van der Waals surface area contributed by atoms with Gasteiger partial charge in [-0.1, -0.05) is 19.1 Å². The summed E-state index contributed by atoms with van der Waals surface area (Å²) in [4.78, 5) is 10.7. The van der Waals surface area contributed by atoms with E-state index in [0.29, 0.717) is 6.42 Å². The van der Waals surface area contributed by atoms with Crippen molar-refractivity contribution in [1.82, 2.24) is 0 Å². The molecule has 2 heteroatoms. The molecular weight excluding hydrogens is 150 g/mol. The number of allylic oxidation sites excluding steroid dienone is 2. The lowest BCUT2D eigenvalue weighted by atomic mass is 9.91. The summed E-state index contributed by atoms with van der Waals surface area (Å²) in [5, 5.41) is 8.73. The summed E-state index contributed by atoms with van der Waals surface area (Å²) >= 11 is 0. The molecule has 0 unspecified atom stereocenters. The number of rotatable bonds is 4. The van der Waals surface area contributed by atoms with Crippen LogP contribution in [0.3, 0.4) is 0 Å². The maximum absolute atomic E-state index is 10.7.